The molecule has 2 N–H and O–H groups in total. The Kier molecular flexibility index (Phi) is 5.91. The monoisotopic (exact) mass is 478 g/mol. The largest absolute Gasteiger partial charge is 0.383 e. The minimum Gasteiger partial charge on any atom is -0.383 e. The quantitative estimate of drug-likeness (QED) is 0.432. The molecule has 0 bridgehead atoms. The molecule has 0 unspecified atom stereocenters. The highest BCUT2D eigenvalue weighted by atomic mass is 35.5. The van der Waals surface area contributed by atoms with Crippen LogP contribution in [0.1, 0.15) is 18.5 Å². The van der Waals surface area contributed by atoms with E-state index in [2.05, 4.69) is 29.0 Å². The Morgan fingerprint density at radius 2 is 1.85 bits per heavy atom. The van der Waals surface area contributed by atoms with Crippen molar-refractivity contribution in [2.24, 2.45) is 0 Å². The van der Waals surface area contributed by atoms with Gasteiger partial charge in [0.15, 0.2) is 5.65 Å². The molecular weight excluding hydrogens is 451 g/mol. The van der Waals surface area contributed by atoms with E-state index in [1.807, 2.05) is 43.3 Å². The first-order valence-corrected chi connectivity index (χ1v) is 11.8. The molecule has 3 heterocycles. The van der Waals surface area contributed by atoms with E-state index in [0.717, 1.165) is 48.4 Å². The number of piperidine rings is 1. The fourth-order valence-electron chi connectivity index (χ4n) is 4.88. The van der Waals surface area contributed by atoms with Crippen LogP contribution >= 0.6 is 11.6 Å². The van der Waals surface area contributed by atoms with Crippen LogP contribution in [0.5, 0.6) is 0 Å². The van der Waals surface area contributed by atoms with Gasteiger partial charge < -0.3 is 15.5 Å². The molecule has 2 aromatic heterocycles. The van der Waals surface area contributed by atoms with Crippen LogP contribution in [0.3, 0.4) is 0 Å². The lowest BCUT2D eigenvalue weighted by Gasteiger charge is -2.36. The molecule has 1 fully saturated rings. The van der Waals surface area contributed by atoms with Gasteiger partial charge >= 0.3 is 0 Å². The zero-order valence-corrected chi connectivity index (χ0v) is 20.3. The first kappa shape index (κ1) is 22.6. The number of nitrogen functional groups attached to an aromatic ring is 1. The summed E-state index contributed by atoms with van der Waals surface area (Å²) in [5.41, 5.74) is 11.4. The molecule has 6 nitrogen and oxygen atoms in total. The average Bonchev–Trinajstić information content (AvgIpc) is 3.23. The fourth-order valence-corrected chi connectivity index (χ4v) is 5.07. The molecule has 1 aliphatic heterocycles. The van der Waals surface area contributed by atoms with E-state index < -0.39 is 0 Å². The van der Waals surface area contributed by atoms with Crippen LogP contribution in [0.4, 0.5) is 15.9 Å². The van der Waals surface area contributed by atoms with Gasteiger partial charge in [0.2, 0.25) is 0 Å². The first-order valence-electron chi connectivity index (χ1n) is 11.4. The fraction of sp³-hybridized carbons (Fsp3) is 0.308. The highest BCUT2D eigenvalue weighted by Gasteiger charge is 2.23. The van der Waals surface area contributed by atoms with Crippen LogP contribution in [0.25, 0.3) is 27.9 Å². The first-order chi connectivity index (χ1) is 16.3. The summed E-state index contributed by atoms with van der Waals surface area (Å²) < 4.78 is 16.9. The maximum atomic E-state index is 15.3. The van der Waals surface area contributed by atoms with Crippen LogP contribution in [0.15, 0.2) is 48.7 Å². The molecule has 0 saturated carbocycles. The molecule has 8 heteroatoms. The van der Waals surface area contributed by atoms with E-state index in [9.17, 15) is 0 Å². The third kappa shape index (κ3) is 3.99. The lowest BCUT2D eigenvalue weighted by Crippen LogP contribution is -2.42. The van der Waals surface area contributed by atoms with Gasteiger partial charge in [-0.2, -0.15) is 9.61 Å². The van der Waals surface area contributed by atoms with Gasteiger partial charge in [-0.05, 0) is 69.8 Å². The highest BCUT2D eigenvalue weighted by Crippen LogP contribution is 2.35. The molecule has 34 heavy (non-hydrogen) atoms. The second-order valence-electron chi connectivity index (χ2n) is 9.11. The van der Waals surface area contributed by atoms with Crippen LogP contribution in [0.2, 0.25) is 5.02 Å². The zero-order chi connectivity index (χ0) is 24.0. The molecule has 0 aliphatic carbocycles. The third-order valence-corrected chi connectivity index (χ3v) is 7.01. The minimum atomic E-state index is -0.293. The molecule has 0 radical (unpaired) electrons. The van der Waals surface area contributed by atoms with E-state index in [1.165, 1.54) is 0 Å². The molecule has 0 amide bonds. The van der Waals surface area contributed by atoms with Gasteiger partial charge in [-0.25, -0.2) is 9.37 Å². The number of aromatic nitrogens is 3. The summed E-state index contributed by atoms with van der Waals surface area (Å²) in [7, 11) is 4.23. The summed E-state index contributed by atoms with van der Waals surface area (Å²) in [5.74, 6) is 0.149. The number of nitrogens with zero attached hydrogens (tertiary/aromatic N) is 5. The standard InChI is InChI=1S/C26H28ClFN6/c1-16-24(17-5-4-6-18(27)13-17)25(29)34-26(31-16)22(15-30-34)21-8-7-20(14-23(21)28)33-11-9-19(10-12-33)32(2)3/h4-8,13-15,19H,9-12,29H2,1-3H3. The normalized spacial score (nSPS) is 14.9. The van der Waals surface area contributed by atoms with Crippen molar-refractivity contribution >= 4 is 28.8 Å². The number of halogens is 2. The molecule has 0 atom stereocenters. The van der Waals surface area contributed by atoms with Crippen LogP contribution < -0.4 is 10.6 Å². The molecule has 0 spiro atoms. The summed E-state index contributed by atoms with van der Waals surface area (Å²) in [6.45, 7) is 3.73. The summed E-state index contributed by atoms with van der Waals surface area (Å²) in [6.07, 6.45) is 3.77. The highest BCUT2D eigenvalue weighted by molar-refractivity contribution is 6.30. The van der Waals surface area contributed by atoms with E-state index in [-0.39, 0.29) is 5.82 Å². The second kappa shape index (κ2) is 8.89. The van der Waals surface area contributed by atoms with Gasteiger partial charge in [0.1, 0.15) is 11.6 Å². The maximum Gasteiger partial charge on any atom is 0.165 e. The van der Waals surface area contributed by atoms with Crippen molar-refractivity contribution in [1.29, 1.82) is 0 Å². The SMILES string of the molecule is Cc1nc2c(-c3ccc(N4CCC(N(C)C)CC4)cc3F)cnn2c(N)c1-c1cccc(Cl)c1. The van der Waals surface area contributed by atoms with Crippen LogP contribution in [-0.2, 0) is 0 Å². The summed E-state index contributed by atoms with van der Waals surface area (Å²) in [6, 6.07) is 13.5. The Labute approximate surface area is 203 Å². The van der Waals surface area contributed by atoms with Gasteiger partial charge in [-0.3, -0.25) is 0 Å². The second-order valence-corrected chi connectivity index (χ2v) is 9.54. The Balaban J connectivity index is 1.49. The number of aryl methyl sites for hydroxylation is 1. The molecule has 2 aromatic carbocycles. The number of fused-ring (bicyclic) bond motifs is 1. The smallest absolute Gasteiger partial charge is 0.165 e. The van der Waals surface area contributed by atoms with E-state index in [4.69, 9.17) is 22.3 Å². The molecule has 5 rings (SSSR count). The molecule has 176 valence electrons. The van der Waals surface area contributed by atoms with Crippen LogP contribution in [-0.4, -0.2) is 52.7 Å². The van der Waals surface area contributed by atoms with Gasteiger partial charge in [0, 0.05) is 46.5 Å². The van der Waals surface area contributed by atoms with Gasteiger partial charge in [0.05, 0.1) is 11.9 Å². The topological polar surface area (TPSA) is 62.7 Å². The van der Waals surface area contributed by atoms with Crippen molar-refractivity contribution < 1.29 is 4.39 Å². The van der Waals surface area contributed by atoms with Crippen LogP contribution in [0, 0.1) is 12.7 Å². The Morgan fingerprint density at radius 3 is 2.53 bits per heavy atom. The predicted molar refractivity (Wildman–Crippen MR) is 137 cm³/mol. The minimum absolute atomic E-state index is 0.293. The predicted octanol–water partition coefficient (Wildman–Crippen LogP) is 5.28. The summed E-state index contributed by atoms with van der Waals surface area (Å²) >= 11 is 6.18. The number of benzene rings is 2. The number of hydrogen-bond donors (Lipinski definition) is 1. The number of hydrogen-bond acceptors (Lipinski definition) is 5. The Morgan fingerprint density at radius 1 is 1.09 bits per heavy atom. The van der Waals surface area contributed by atoms with Crippen molar-refractivity contribution in [1.82, 2.24) is 19.5 Å². The van der Waals surface area contributed by atoms with Crippen molar-refractivity contribution in [3.63, 3.8) is 0 Å². The lowest BCUT2D eigenvalue weighted by atomic mass is 10.0. The van der Waals surface area contributed by atoms with Gasteiger partial charge in [-0.15, -0.1) is 0 Å². The van der Waals surface area contributed by atoms with E-state index in [1.54, 1.807) is 16.8 Å². The zero-order valence-electron chi connectivity index (χ0n) is 19.6. The van der Waals surface area contributed by atoms with E-state index >= 15 is 4.39 Å². The number of rotatable bonds is 4. The third-order valence-electron chi connectivity index (χ3n) is 6.78. The molecular formula is C26H28ClFN6. The number of nitrogens with two attached hydrogens (primary N) is 1. The van der Waals surface area contributed by atoms with Crippen molar-refractivity contribution in [3.05, 3.63) is 65.2 Å². The number of anilines is 2. The van der Waals surface area contributed by atoms with Crippen molar-refractivity contribution in [2.45, 2.75) is 25.8 Å². The maximum absolute atomic E-state index is 15.3. The van der Waals surface area contributed by atoms with E-state index in [0.29, 0.717) is 33.7 Å². The Bertz CT molecular complexity index is 1360. The molecule has 1 saturated heterocycles. The Hall–Kier alpha value is -3.16. The average molecular weight is 479 g/mol. The summed E-state index contributed by atoms with van der Waals surface area (Å²) in [5, 5.41) is 5.05. The molecule has 4 aromatic rings. The van der Waals surface area contributed by atoms with Gasteiger partial charge in [-0.1, -0.05) is 23.7 Å². The summed E-state index contributed by atoms with van der Waals surface area (Å²) in [4.78, 5) is 9.27. The van der Waals surface area contributed by atoms with Gasteiger partial charge in [0.25, 0.3) is 0 Å². The lowest BCUT2D eigenvalue weighted by molar-refractivity contribution is 0.249. The van der Waals surface area contributed by atoms with Crippen molar-refractivity contribution in [3.8, 4) is 22.3 Å². The van der Waals surface area contributed by atoms with Crippen molar-refractivity contribution in [2.75, 3.05) is 37.8 Å². The molecule has 1 aliphatic rings.